The van der Waals surface area contributed by atoms with Crippen LogP contribution in [0.3, 0.4) is 0 Å². The second-order valence-electron chi connectivity index (χ2n) is 7.73. The minimum atomic E-state index is -3.79. The Balaban J connectivity index is 2.06. The van der Waals surface area contributed by atoms with Gasteiger partial charge in [-0.15, -0.1) is 0 Å². The molecule has 0 fully saturated rings. The lowest BCUT2D eigenvalue weighted by Crippen LogP contribution is -2.25. The summed E-state index contributed by atoms with van der Waals surface area (Å²) >= 11 is 0. The quantitative estimate of drug-likeness (QED) is 0.674. The van der Waals surface area contributed by atoms with Crippen LogP contribution in [0.4, 0.5) is 0 Å². The van der Waals surface area contributed by atoms with Gasteiger partial charge in [0.1, 0.15) is 5.78 Å². The molecule has 1 heterocycles. The molecule has 0 aliphatic heterocycles. The second-order valence-corrected chi connectivity index (χ2v) is 9.52. The molecule has 0 N–H and O–H groups in total. The molecule has 1 aliphatic carbocycles. The third-order valence-corrected chi connectivity index (χ3v) is 7.28. The number of aromatic nitrogens is 1. The largest absolute Gasteiger partial charge is 0.299 e. The van der Waals surface area contributed by atoms with Gasteiger partial charge >= 0.3 is 0 Å². The third kappa shape index (κ3) is 2.81. The van der Waals surface area contributed by atoms with E-state index in [1.54, 1.807) is 24.3 Å². The summed E-state index contributed by atoms with van der Waals surface area (Å²) in [6.07, 6.45) is 0.640. The van der Waals surface area contributed by atoms with Gasteiger partial charge in [0.25, 0.3) is 10.0 Å². The molecule has 1 atom stereocenters. The molecule has 0 saturated heterocycles. The molecule has 27 heavy (non-hydrogen) atoms. The molecular weight excluding hydrogens is 358 g/mol. The Morgan fingerprint density at radius 2 is 1.70 bits per heavy atom. The lowest BCUT2D eigenvalue weighted by Gasteiger charge is -2.26. The number of ketones is 1. The topological polar surface area (TPSA) is 56.1 Å². The van der Waals surface area contributed by atoms with Gasteiger partial charge < -0.3 is 0 Å². The maximum absolute atomic E-state index is 13.5. The van der Waals surface area contributed by atoms with Crippen molar-refractivity contribution in [1.29, 1.82) is 0 Å². The number of carbonyl (C=O) groups excluding carboxylic acids is 1. The maximum Gasteiger partial charge on any atom is 0.268 e. The van der Waals surface area contributed by atoms with E-state index in [2.05, 4.69) is 13.8 Å². The molecular formula is C22H23NO3S. The van der Waals surface area contributed by atoms with Gasteiger partial charge in [0.2, 0.25) is 0 Å². The van der Waals surface area contributed by atoms with E-state index in [0.717, 1.165) is 16.5 Å². The van der Waals surface area contributed by atoms with E-state index in [0.29, 0.717) is 17.6 Å². The number of fused-ring (bicyclic) bond motifs is 3. The fourth-order valence-corrected chi connectivity index (χ4v) is 5.70. The Labute approximate surface area is 159 Å². The first kappa shape index (κ1) is 18.0. The minimum Gasteiger partial charge on any atom is -0.299 e. The van der Waals surface area contributed by atoms with Gasteiger partial charge in [0, 0.05) is 23.9 Å². The molecule has 0 spiro atoms. The zero-order valence-electron chi connectivity index (χ0n) is 15.8. The standard InChI is InChI=1S/C22H23NO3S/c1-14(2)19-12-16(24)13-21-22(19)18-6-4-5-7-20(18)23(21)27(25,26)17-10-8-15(3)9-11-17/h4-11,14,19H,12-13H2,1-3H3/t19-/m1/s1. The zero-order valence-corrected chi connectivity index (χ0v) is 16.6. The van der Waals surface area contributed by atoms with E-state index >= 15 is 0 Å². The maximum atomic E-state index is 13.5. The number of para-hydroxylation sites is 1. The number of hydrogen-bond acceptors (Lipinski definition) is 3. The van der Waals surface area contributed by atoms with Crippen molar-refractivity contribution in [2.24, 2.45) is 5.92 Å². The van der Waals surface area contributed by atoms with Crippen LogP contribution >= 0.6 is 0 Å². The average molecular weight is 381 g/mol. The molecule has 4 nitrogen and oxygen atoms in total. The summed E-state index contributed by atoms with van der Waals surface area (Å²) < 4.78 is 28.5. The Hall–Kier alpha value is -2.40. The summed E-state index contributed by atoms with van der Waals surface area (Å²) in [6, 6.07) is 14.5. The number of hydrogen-bond donors (Lipinski definition) is 0. The summed E-state index contributed by atoms with van der Waals surface area (Å²) in [5.41, 5.74) is 3.31. The van der Waals surface area contributed by atoms with E-state index in [4.69, 9.17) is 0 Å². The highest BCUT2D eigenvalue weighted by molar-refractivity contribution is 7.90. The summed E-state index contributed by atoms with van der Waals surface area (Å²) in [7, 11) is -3.79. The van der Waals surface area contributed by atoms with E-state index in [-0.39, 0.29) is 28.9 Å². The fourth-order valence-electron chi connectivity index (χ4n) is 4.14. The first-order chi connectivity index (χ1) is 12.8. The van der Waals surface area contributed by atoms with Gasteiger partial charge in [-0.25, -0.2) is 12.4 Å². The number of nitrogens with zero attached hydrogens (tertiary/aromatic N) is 1. The molecule has 3 aromatic rings. The fraction of sp³-hybridized carbons (Fsp3) is 0.318. The van der Waals surface area contributed by atoms with Gasteiger partial charge in [-0.05, 0) is 42.5 Å². The molecule has 1 aromatic heterocycles. The van der Waals surface area contributed by atoms with Gasteiger partial charge in [0.05, 0.1) is 10.4 Å². The Morgan fingerprint density at radius 1 is 1.04 bits per heavy atom. The summed E-state index contributed by atoms with van der Waals surface area (Å²) in [5, 5.41) is 0.939. The van der Waals surface area contributed by atoms with E-state index in [9.17, 15) is 13.2 Å². The van der Waals surface area contributed by atoms with Crippen LogP contribution < -0.4 is 0 Å². The van der Waals surface area contributed by atoms with Crippen LogP contribution in [-0.2, 0) is 21.2 Å². The molecule has 0 radical (unpaired) electrons. The van der Waals surface area contributed by atoms with Gasteiger partial charge in [-0.3, -0.25) is 4.79 Å². The summed E-state index contributed by atoms with van der Waals surface area (Å²) in [4.78, 5) is 12.7. The average Bonchev–Trinajstić information content (AvgIpc) is 2.95. The molecule has 1 aliphatic rings. The van der Waals surface area contributed by atoms with Crippen molar-refractivity contribution >= 4 is 26.7 Å². The lowest BCUT2D eigenvalue weighted by atomic mass is 9.78. The highest BCUT2D eigenvalue weighted by Crippen LogP contribution is 2.42. The number of benzene rings is 2. The second kappa shape index (κ2) is 6.34. The lowest BCUT2D eigenvalue weighted by molar-refractivity contribution is -0.119. The van der Waals surface area contributed by atoms with Crippen LogP contribution in [0.1, 0.15) is 43.0 Å². The van der Waals surface area contributed by atoms with E-state index in [1.165, 1.54) is 3.97 Å². The molecule has 140 valence electrons. The van der Waals surface area contributed by atoms with Crippen molar-refractivity contribution in [3.05, 3.63) is 65.4 Å². The molecule has 0 saturated carbocycles. The first-order valence-corrected chi connectivity index (χ1v) is 10.7. The Morgan fingerprint density at radius 3 is 2.37 bits per heavy atom. The molecule has 5 heteroatoms. The molecule has 4 rings (SSSR count). The Kier molecular flexibility index (Phi) is 4.22. The summed E-state index contributed by atoms with van der Waals surface area (Å²) in [6.45, 7) is 6.11. The van der Waals surface area contributed by atoms with Crippen LogP contribution in [0.2, 0.25) is 0 Å². The van der Waals surface area contributed by atoms with Crippen LogP contribution in [0.25, 0.3) is 10.9 Å². The molecule has 0 amide bonds. The first-order valence-electron chi connectivity index (χ1n) is 9.27. The van der Waals surface area contributed by atoms with Crippen LogP contribution in [0, 0.1) is 12.8 Å². The van der Waals surface area contributed by atoms with Crippen molar-refractivity contribution in [1.82, 2.24) is 3.97 Å². The SMILES string of the molecule is Cc1ccc(S(=O)(=O)n2c3c(c4ccccc42)[C@@H](C(C)C)CC(=O)C3)cc1. The van der Waals surface area contributed by atoms with Crippen LogP contribution in [-0.4, -0.2) is 18.2 Å². The number of Topliss-reactive ketones (excluding diaryl/α,β-unsaturated/α-hetero) is 1. The van der Waals surface area contributed by atoms with Crippen molar-refractivity contribution in [2.45, 2.75) is 44.4 Å². The number of aryl methyl sites for hydroxylation is 1. The Bertz CT molecular complexity index is 1140. The predicted molar refractivity (Wildman–Crippen MR) is 107 cm³/mol. The molecule has 0 bridgehead atoms. The van der Waals surface area contributed by atoms with E-state index in [1.807, 2.05) is 31.2 Å². The monoisotopic (exact) mass is 381 g/mol. The van der Waals surface area contributed by atoms with Crippen LogP contribution in [0.5, 0.6) is 0 Å². The van der Waals surface area contributed by atoms with Crippen molar-refractivity contribution in [3.8, 4) is 0 Å². The van der Waals surface area contributed by atoms with Crippen molar-refractivity contribution in [3.63, 3.8) is 0 Å². The normalized spacial score (nSPS) is 17.5. The van der Waals surface area contributed by atoms with Gasteiger partial charge in [-0.1, -0.05) is 49.7 Å². The number of rotatable bonds is 3. The highest BCUT2D eigenvalue weighted by Gasteiger charge is 2.36. The minimum absolute atomic E-state index is 0.0422. The van der Waals surface area contributed by atoms with Crippen molar-refractivity contribution in [2.75, 3.05) is 0 Å². The molecule has 0 unspecified atom stereocenters. The third-order valence-electron chi connectivity index (χ3n) is 5.52. The highest BCUT2D eigenvalue weighted by atomic mass is 32.2. The smallest absolute Gasteiger partial charge is 0.268 e. The predicted octanol–water partition coefficient (Wildman–Crippen LogP) is 4.44. The van der Waals surface area contributed by atoms with Gasteiger partial charge in [-0.2, -0.15) is 0 Å². The summed E-state index contributed by atoms with van der Waals surface area (Å²) in [5.74, 6) is 0.402. The van der Waals surface area contributed by atoms with Crippen LogP contribution in [0.15, 0.2) is 53.4 Å². The molecule has 2 aromatic carbocycles. The van der Waals surface area contributed by atoms with Crippen molar-refractivity contribution < 1.29 is 13.2 Å². The zero-order chi connectivity index (χ0) is 19.3. The van der Waals surface area contributed by atoms with E-state index < -0.39 is 10.0 Å². The van der Waals surface area contributed by atoms with Gasteiger partial charge in [0.15, 0.2) is 0 Å². The number of carbonyl (C=O) groups is 1.